The molecule has 4 heteroatoms. The third kappa shape index (κ3) is 4.46. The molecular weight excluding hydrogens is 609 g/mol. The van der Waals surface area contributed by atoms with Gasteiger partial charge in [0.2, 0.25) is 0 Å². The van der Waals surface area contributed by atoms with Gasteiger partial charge in [0.1, 0.15) is 0 Å². The Bertz CT molecular complexity index is 2850. The summed E-state index contributed by atoms with van der Waals surface area (Å²) in [5, 5.41) is 4.72. The molecule has 4 nitrogen and oxygen atoms in total. The summed E-state index contributed by atoms with van der Waals surface area (Å²) in [5.74, 6) is 0.706. The lowest BCUT2D eigenvalue weighted by atomic mass is 9.95. The second-order valence-electron chi connectivity index (χ2n) is 12.6. The Hall–Kier alpha value is -6.78. The fourth-order valence-corrected chi connectivity index (χ4v) is 7.49. The van der Waals surface area contributed by atoms with Crippen molar-refractivity contribution in [1.29, 1.82) is 0 Å². The molecule has 0 bridgehead atoms. The normalized spacial score (nSPS) is 11.6. The van der Waals surface area contributed by atoms with Crippen LogP contribution in [-0.4, -0.2) is 19.1 Å². The van der Waals surface area contributed by atoms with Crippen LogP contribution in [0.3, 0.4) is 0 Å². The first-order valence-electron chi connectivity index (χ1n) is 16.9. The summed E-state index contributed by atoms with van der Waals surface area (Å²) in [6.45, 7) is 0. The van der Waals surface area contributed by atoms with Crippen molar-refractivity contribution in [2.75, 3.05) is 0 Å². The summed E-state index contributed by atoms with van der Waals surface area (Å²) in [4.78, 5) is 10.3. The van der Waals surface area contributed by atoms with E-state index in [1.165, 1.54) is 32.7 Å². The first-order chi connectivity index (χ1) is 24.8. The molecule has 7 aromatic carbocycles. The van der Waals surface area contributed by atoms with E-state index in [1.54, 1.807) is 0 Å². The summed E-state index contributed by atoms with van der Waals surface area (Å²) < 4.78 is 4.67. The van der Waals surface area contributed by atoms with E-state index in [9.17, 15) is 0 Å². The Morgan fingerprint density at radius 3 is 1.88 bits per heavy atom. The van der Waals surface area contributed by atoms with Gasteiger partial charge in [-0.05, 0) is 71.8 Å². The maximum absolute atomic E-state index is 5.27. The molecule has 10 rings (SSSR count). The van der Waals surface area contributed by atoms with E-state index in [0.717, 1.165) is 50.2 Å². The SMILES string of the molecule is c1ccc(-c2ccccc2-c2nc(-c3ccc(-n4c5ccccc5c5ccc6c(ccn6-c6ccccc6)c54)cc3)nc3ccccc23)cc1. The Morgan fingerprint density at radius 1 is 0.380 bits per heavy atom. The number of nitrogens with zero attached hydrogens (tertiary/aromatic N) is 4. The second-order valence-corrected chi connectivity index (χ2v) is 12.6. The number of benzene rings is 7. The van der Waals surface area contributed by atoms with Crippen molar-refractivity contribution in [2.45, 2.75) is 0 Å². The maximum atomic E-state index is 5.27. The third-order valence-electron chi connectivity index (χ3n) is 9.79. The molecule has 0 saturated carbocycles. The summed E-state index contributed by atoms with van der Waals surface area (Å²) in [5.41, 5.74) is 12.0. The molecule has 0 saturated heterocycles. The highest BCUT2D eigenvalue weighted by Gasteiger charge is 2.18. The van der Waals surface area contributed by atoms with E-state index in [4.69, 9.17) is 9.97 Å². The van der Waals surface area contributed by atoms with Crippen molar-refractivity contribution in [1.82, 2.24) is 19.1 Å². The number of hydrogen-bond acceptors (Lipinski definition) is 2. The Kier molecular flexibility index (Phi) is 6.46. The Balaban J connectivity index is 1.14. The van der Waals surface area contributed by atoms with Gasteiger partial charge in [0.25, 0.3) is 0 Å². The van der Waals surface area contributed by atoms with Crippen molar-refractivity contribution in [3.8, 4) is 45.1 Å². The lowest BCUT2D eigenvalue weighted by Crippen LogP contribution is -1.98. The van der Waals surface area contributed by atoms with Crippen LogP contribution in [0.2, 0.25) is 0 Å². The molecule has 10 aromatic rings. The second kappa shape index (κ2) is 11.4. The van der Waals surface area contributed by atoms with Crippen LogP contribution in [0.1, 0.15) is 0 Å². The monoisotopic (exact) mass is 638 g/mol. The fourth-order valence-electron chi connectivity index (χ4n) is 7.49. The molecule has 0 aliphatic heterocycles. The van der Waals surface area contributed by atoms with E-state index in [0.29, 0.717) is 5.82 Å². The van der Waals surface area contributed by atoms with E-state index in [1.807, 2.05) is 6.07 Å². The predicted octanol–water partition coefficient (Wildman–Crippen LogP) is 11.7. The Labute approximate surface area is 289 Å². The van der Waals surface area contributed by atoms with Crippen molar-refractivity contribution < 1.29 is 0 Å². The minimum Gasteiger partial charge on any atom is -0.316 e. The number of para-hydroxylation sites is 3. The Morgan fingerprint density at radius 2 is 1.06 bits per heavy atom. The maximum Gasteiger partial charge on any atom is 0.160 e. The van der Waals surface area contributed by atoms with Crippen LogP contribution in [0.5, 0.6) is 0 Å². The minimum atomic E-state index is 0.706. The molecule has 0 N–H and O–H groups in total. The number of rotatable bonds is 5. The molecule has 3 aromatic heterocycles. The van der Waals surface area contributed by atoms with Crippen LogP contribution in [0.15, 0.2) is 182 Å². The fraction of sp³-hybridized carbons (Fsp3) is 0. The molecule has 0 atom stereocenters. The molecule has 234 valence electrons. The number of fused-ring (bicyclic) bond motifs is 6. The van der Waals surface area contributed by atoms with Crippen LogP contribution in [-0.2, 0) is 0 Å². The highest BCUT2D eigenvalue weighted by molar-refractivity contribution is 6.18. The van der Waals surface area contributed by atoms with Gasteiger partial charge >= 0.3 is 0 Å². The van der Waals surface area contributed by atoms with Crippen LogP contribution in [0.25, 0.3) is 88.8 Å². The average molecular weight is 639 g/mol. The molecule has 0 spiro atoms. The van der Waals surface area contributed by atoms with Gasteiger partial charge in [0.05, 0.1) is 27.8 Å². The summed E-state index contributed by atoms with van der Waals surface area (Å²) >= 11 is 0. The highest BCUT2D eigenvalue weighted by atomic mass is 15.0. The lowest BCUT2D eigenvalue weighted by Gasteiger charge is -2.14. The van der Waals surface area contributed by atoms with Crippen LogP contribution in [0.4, 0.5) is 0 Å². The predicted molar refractivity (Wildman–Crippen MR) is 207 cm³/mol. The van der Waals surface area contributed by atoms with Gasteiger partial charge in [-0.25, -0.2) is 9.97 Å². The zero-order valence-electron chi connectivity index (χ0n) is 27.1. The molecule has 0 amide bonds. The van der Waals surface area contributed by atoms with Gasteiger partial charge in [-0.15, -0.1) is 0 Å². The zero-order valence-corrected chi connectivity index (χ0v) is 27.1. The number of aromatic nitrogens is 4. The van der Waals surface area contributed by atoms with Crippen molar-refractivity contribution >= 4 is 43.6 Å². The quantitative estimate of drug-likeness (QED) is 0.188. The summed E-state index contributed by atoms with van der Waals surface area (Å²) in [6.07, 6.45) is 2.18. The van der Waals surface area contributed by atoms with Gasteiger partial charge in [-0.1, -0.05) is 115 Å². The van der Waals surface area contributed by atoms with E-state index >= 15 is 0 Å². The molecule has 0 aliphatic carbocycles. The van der Waals surface area contributed by atoms with E-state index < -0.39 is 0 Å². The molecule has 0 radical (unpaired) electrons. The van der Waals surface area contributed by atoms with Crippen molar-refractivity contribution in [3.05, 3.63) is 182 Å². The van der Waals surface area contributed by atoms with E-state index in [2.05, 4.69) is 185 Å². The topological polar surface area (TPSA) is 35.6 Å². The number of hydrogen-bond donors (Lipinski definition) is 0. The van der Waals surface area contributed by atoms with Crippen LogP contribution < -0.4 is 0 Å². The molecule has 0 unspecified atom stereocenters. The first-order valence-corrected chi connectivity index (χ1v) is 16.9. The van der Waals surface area contributed by atoms with Crippen LogP contribution >= 0.6 is 0 Å². The summed E-state index contributed by atoms with van der Waals surface area (Å²) in [6, 6.07) is 62.0. The molecule has 50 heavy (non-hydrogen) atoms. The third-order valence-corrected chi connectivity index (χ3v) is 9.79. The van der Waals surface area contributed by atoms with Gasteiger partial charge in [0, 0.05) is 50.2 Å². The zero-order chi connectivity index (χ0) is 33.0. The largest absolute Gasteiger partial charge is 0.316 e. The summed E-state index contributed by atoms with van der Waals surface area (Å²) in [7, 11) is 0. The van der Waals surface area contributed by atoms with Gasteiger partial charge < -0.3 is 9.13 Å². The smallest absolute Gasteiger partial charge is 0.160 e. The van der Waals surface area contributed by atoms with Crippen LogP contribution in [0, 0.1) is 0 Å². The first kappa shape index (κ1) is 28.3. The van der Waals surface area contributed by atoms with Crippen molar-refractivity contribution in [3.63, 3.8) is 0 Å². The molecule has 0 fully saturated rings. The van der Waals surface area contributed by atoms with Gasteiger partial charge in [-0.2, -0.15) is 0 Å². The highest BCUT2D eigenvalue weighted by Crippen LogP contribution is 2.39. The van der Waals surface area contributed by atoms with Gasteiger partial charge in [-0.3, -0.25) is 0 Å². The minimum absolute atomic E-state index is 0.706. The molecule has 3 heterocycles. The van der Waals surface area contributed by atoms with Crippen molar-refractivity contribution in [2.24, 2.45) is 0 Å². The van der Waals surface area contributed by atoms with Gasteiger partial charge in [0.15, 0.2) is 5.82 Å². The lowest BCUT2D eigenvalue weighted by molar-refractivity contribution is 1.13. The molecule has 0 aliphatic rings. The average Bonchev–Trinajstić information content (AvgIpc) is 3.78. The van der Waals surface area contributed by atoms with E-state index in [-0.39, 0.29) is 0 Å². The standard InChI is InChI=1S/C46H30N4/c1-3-13-31(14-4-1)35-17-7-8-19-37(35)44-39-20-9-11-21-41(39)47-46(48-44)32-23-25-34(26-24-32)50-43-22-12-10-18-36(43)38-27-28-42-40(45(38)50)29-30-49(42)33-15-5-2-6-16-33/h1-30H. The molecular formula is C46H30N4.